The Hall–Kier alpha value is -0.650. The van der Waals surface area contributed by atoms with Gasteiger partial charge >= 0.3 is 0 Å². The Morgan fingerprint density at radius 1 is 1.33 bits per heavy atom. The summed E-state index contributed by atoms with van der Waals surface area (Å²) in [7, 11) is 0. The lowest BCUT2D eigenvalue weighted by Gasteiger charge is -2.26. The van der Waals surface area contributed by atoms with E-state index in [0.717, 1.165) is 41.2 Å². The van der Waals surface area contributed by atoms with Crippen LogP contribution < -0.4 is 0 Å². The van der Waals surface area contributed by atoms with Crippen molar-refractivity contribution in [3.63, 3.8) is 0 Å². The average molecular weight is 331 g/mol. The van der Waals surface area contributed by atoms with E-state index >= 15 is 0 Å². The minimum atomic E-state index is -0.148. The summed E-state index contributed by atoms with van der Waals surface area (Å²) in [6, 6.07) is 0.383. The maximum Gasteiger partial charge on any atom is 0.224 e. The van der Waals surface area contributed by atoms with Crippen LogP contribution in [0.25, 0.3) is 11.0 Å². The van der Waals surface area contributed by atoms with Crippen molar-refractivity contribution < 1.29 is 5.11 Å². The number of rotatable bonds is 1. The van der Waals surface area contributed by atoms with E-state index in [4.69, 9.17) is 11.6 Å². The van der Waals surface area contributed by atoms with E-state index < -0.39 is 0 Å². The van der Waals surface area contributed by atoms with E-state index in [0.29, 0.717) is 6.04 Å². The number of aliphatic hydroxyl groups is 1. The molecule has 18 heavy (non-hydrogen) atoms. The van der Waals surface area contributed by atoms with Gasteiger partial charge in [-0.1, -0.05) is 0 Å². The predicted octanol–water partition coefficient (Wildman–Crippen LogP) is 3.32. The molecule has 0 aliphatic heterocycles. The molecular weight excluding hydrogens is 318 g/mol. The molecule has 1 aliphatic carbocycles. The summed E-state index contributed by atoms with van der Waals surface area (Å²) in [4.78, 5) is 8.33. The van der Waals surface area contributed by atoms with Crippen LogP contribution in [0.1, 0.15) is 31.7 Å². The van der Waals surface area contributed by atoms with Gasteiger partial charge in [0.25, 0.3) is 0 Å². The third-order valence-electron chi connectivity index (χ3n) is 3.55. The molecule has 6 heteroatoms. The van der Waals surface area contributed by atoms with E-state index in [1.807, 2.05) is 6.20 Å². The van der Waals surface area contributed by atoms with Crippen molar-refractivity contribution in [1.82, 2.24) is 14.5 Å². The Bertz CT molecular complexity index is 578. The maximum atomic E-state index is 9.57. The Morgan fingerprint density at radius 2 is 2.06 bits per heavy atom. The monoisotopic (exact) mass is 329 g/mol. The molecule has 0 radical (unpaired) electrons. The summed E-state index contributed by atoms with van der Waals surface area (Å²) in [6.07, 6.45) is 7.27. The molecule has 1 aliphatic rings. The maximum absolute atomic E-state index is 9.57. The zero-order chi connectivity index (χ0) is 12.7. The fraction of sp³-hybridized carbons (Fsp3) is 0.500. The molecule has 0 unspecified atom stereocenters. The lowest BCUT2D eigenvalue weighted by molar-refractivity contribution is 0.111. The van der Waals surface area contributed by atoms with Crippen molar-refractivity contribution in [1.29, 1.82) is 0 Å². The molecule has 0 bridgehead atoms. The van der Waals surface area contributed by atoms with Crippen molar-refractivity contribution in [3.8, 4) is 0 Å². The van der Waals surface area contributed by atoms with Crippen LogP contribution in [0.4, 0.5) is 0 Å². The summed E-state index contributed by atoms with van der Waals surface area (Å²) >= 11 is 9.40. The van der Waals surface area contributed by atoms with Crippen LogP contribution in [0.5, 0.6) is 0 Å². The van der Waals surface area contributed by atoms with Crippen LogP contribution in [-0.4, -0.2) is 25.7 Å². The number of hydrogen-bond acceptors (Lipinski definition) is 3. The van der Waals surface area contributed by atoms with E-state index in [-0.39, 0.29) is 11.4 Å². The fourth-order valence-electron chi connectivity index (χ4n) is 2.58. The first-order chi connectivity index (χ1) is 8.65. The van der Waals surface area contributed by atoms with Gasteiger partial charge in [0, 0.05) is 22.9 Å². The standard InChI is InChI=1S/C12H13BrClN3O/c13-10-6-17(7-1-3-8(18)4-2-7)11-9(10)5-15-12(14)16-11/h5-8,18H,1-4H2/t7-,8-. The quantitative estimate of drug-likeness (QED) is 0.816. The summed E-state index contributed by atoms with van der Waals surface area (Å²) < 4.78 is 3.14. The third kappa shape index (κ3) is 2.15. The van der Waals surface area contributed by atoms with Crippen molar-refractivity contribution in [2.45, 2.75) is 37.8 Å². The zero-order valence-corrected chi connectivity index (χ0v) is 12.0. The molecule has 1 saturated carbocycles. The molecule has 2 aromatic rings. The smallest absolute Gasteiger partial charge is 0.224 e. The highest BCUT2D eigenvalue weighted by Crippen LogP contribution is 2.34. The van der Waals surface area contributed by atoms with E-state index in [1.54, 1.807) is 6.20 Å². The molecule has 96 valence electrons. The van der Waals surface area contributed by atoms with Crippen LogP contribution in [0.15, 0.2) is 16.9 Å². The molecule has 2 heterocycles. The molecule has 0 atom stereocenters. The van der Waals surface area contributed by atoms with E-state index in [9.17, 15) is 5.11 Å². The second kappa shape index (κ2) is 4.79. The molecular formula is C12H13BrClN3O. The molecule has 3 rings (SSSR count). The van der Waals surface area contributed by atoms with Gasteiger partial charge < -0.3 is 9.67 Å². The Balaban J connectivity index is 2.03. The molecule has 0 amide bonds. The molecule has 1 fully saturated rings. The number of hydrogen-bond donors (Lipinski definition) is 1. The SMILES string of the molecule is O[C@H]1CC[C@H](n2cc(Br)c3cnc(Cl)nc32)CC1. The molecule has 2 aromatic heterocycles. The average Bonchev–Trinajstić information content (AvgIpc) is 2.67. The largest absolute Gasteiger partial charge is 0.393 e. The second-order valence-corrected chi connectivity index (χ2v) is 5.92. The predicted molar refractivity (Wildman–Crippen MR) is 73.7 cm³/mol. The van der Waals surface area contributed by atoms with Gasteiger partial charge in [0.05, 0.1) is 11.5 Å². The lowest BCUT2D eigenvalue weighted by Crippen LogP contribution is -2.20. The zero-order valence-electron chi connectivity index (χ0n) is 9.68. The Morgan fingerprint density at radius 3 is 2.78 bits per heavy atom. The first kappa shape index (κ1) is 12.4. The second-order valence-electron chi connectivity index (χ2n) is 4.72. The van der Waals surface area contributed by atoms with Crippen molar-refractivity contribution in [3.05, 3.63) is 22.1 Å². The van der Waals surface area contributed by atoms with Gasteiger partial charge in [-0.05, 0) is 53.2 Å². The van der Waals surface area contributed by atoms with Crippen LogP contribution >= 0.6 is 27.5 Å². The van der Waals surface area contributed by atoms with Gasteiger partial charge in [0.1, 0.15) is 5.65 Å². The first-order valence-electron chi connectivity index (χ1n) is 6.02. The van der Waals surface area contributed by atoms with Gasteiger partial charge in [-0.25, -0.2) is 4.98 Å². The lowest BCUT2D eigenvalue weighted by atomic mass is 9.93. The normalized spacial score (nSPS) is 24.6. The van der Waals surface area contributed by atoms with Crippen LogP contribution in [-0.2, 0) is 0 Å². The molecule has 4 nitrogen and oxygen atoms in total. The number of aliphatic hydroxyl groups excluding tert-OH is 1. The Kier molecular flexibility index (Phi) is 3.30. The molecule has 0 aromatic carbocycles. The summed E-state index contributed by atoms with van der Waals surface area (Å²) in [6.45, 7) is 0. The summed E-state index contributed by atoms with van der Waals surface area (Å²) in [5.74, 6) is 0. The minimum absolute atomic E-state index is 0.148. The van der Waals surface area contributed by atoms with Gasteiger partial charge in [-0.3, -0.25) is 0 Å². The van der Waals surface area contributed by atoms with Gasteiger partial charge in [0.15, 0.2) is 0 Å². The van der Waals surface area contributed by atoms with Gasteiger partial charge in [-0.15, -0.1) is 0 Å². The topological polar surface area (TPSA) is 50.9 Å². The van der Waals surface area contributed by atoms with Crippen molar-refractivity contribution in [2.75, 3.05) is 0 Å². The first-order valence-corrected chi connectivity index (χ1v) is 7.19. The fourth-order valence-corrected chi connectivity index (χ4v) is 3.21. The molecule has 1 N–H and O–H groups in total. The highest BCUT2D eigenvalue weighted by molar-refractivity contribution is 9.10. The van der Waals surface area contributed by atoms with Crippen molar-refractivity contribution >= 4 is 38.6 Å². The van der Waals surface area contributed by atoms with Gasteiger partial charge in [-0.2, -0.15) is 4.98 Å². The van der Waals surface area contributed by atoms with E-state index in [1.165, 1.54) is 0 Å². The number of aromatic nitrogens is 3. The van der Waals surface area contributed by atoms with Crippen LogP contribution in [0.3, 0.4) is 0 Å². The number of fused-ring (bicyclic) bond motifs is 1. The van der Waals surface area contributed by atoms with Gasteiger partial charge in [0.2, 0.25) is 5.28 Å². The minimum Gasteiger partial charge on any atom is -0.393 e. The van der Waals surface area contributed by atoms with Crippen LogP contribution in [0.2, 0.25) is 5.28 Å². The summed E-state index contributed by atoms with van der Waals surface area (Å²) in [5.41, 5.74) is 0.864. The van der Waals surface area contributed by atoms with Crippen molar-refractivity contribution in [2.24, 2.45) is 0 Å². The molecule has 0 saturated heterocycles. The highest BCUT2D eigenvalue weighted by Gasteiger charge is 2.23. The Labute approximate surface area is 118 Å². The van der Waals surface area contributed by atoms with Crippen LogP contribution in [0, 0.1) is 0 Å². The van der Waals surface area contributed by atoms with E-state index in [2.05, 4.69) is 30.5 Å². The summed E-state index contributed by atoms with van der Waals surface area (Å²) in [5, 5.41) is 10.8. The third-order valence-corrected chi connectivity index (χ3v) is 4.37. The number of halogens is 2. The number of nitrogens with zero attached hydrogens (tertiary/aromatic N) is 3. The molecule has 0 spiro atoms. The highest BCUT2D eigenvalue weighted by atomic mass is 79.9.